The first-order valence-electron chi connectivity index (χ1n) is 7.43. The summed E-state index contributed by atoms with van der Waals surface area (Å²) in [6.45, 7) is 9.04. The van der Waals surface area contributed by atoms with Gasteiger partial charge < -0.3 is 10.2 Å². The van der Waals surface area contributed by atoms with Crippen LogP contribution in [-0.4, -0.2) is 61.2 Å². The van der Waals surface area contributed by atoms with Crippen LogP contribution in [0.15, 0.2) is 0 Å². The van der Waals surface area contributed by atoms with E-state index in [4.69, 9.17) is 5.26 Å². The first kappa shape index (κ1) is 13.8. The molecule has 2 saturated heterocycles. The summed E-state index contributed by atoms with van der Waals surface area (Å²) < 4.78 is 0. The van der Waals surface area contributed by atoms with Gasteiger partial charge in [0.05, 0.1) is 12.1 Å². The van der Waals surface area contributed by atoms with Crippen molar-refractivity contribution in [2.45, 2.75) is 44.7 Å². The van der Waals surface area contributed by atoms with Gasteiger partial charge >= 0.3 is 0 Å². The number of nitriles is 1. The van der Waals surface area contributed by atoms with E-state index in [9.17, 15) is 0 Å². The largest absolute Gasteiger partial charge is 0.302 e. The Kier molecular flexibility index (Phi) is 5.43. The molecule has 0 radical (unpaired) electrons. The van der Waals surface area contributed by atoms with Gasteiger partial charge in [0.1, 0.15) is 0 Å². The van der Waals surface area contributed by atoms with E-state index < -0.39 is 0 Å². The number of hydrogen-bond acceptors (Lipinski definition) is 4. The van der Waals surface area contributed by atoms with Crippen LogP contribution < -0.4 is 5.32 Å². The van der Waals surface area contributed by atoms with Gasteiger partial charge in [0.25, 0.3) is 0 Å². The molecule has 2 atom stereocenters. The molecule has 18 heavy (non-hydrogen) atoms. The standard InChI is InChI=1S/C14H26N4/c1-2-16-13(11-15)5-9-17-10-6-14(12-17)18-7-3-4-8-18/h13-14,16H,2-10,12H2,1H3. The Hall–Kier alpha value is -0.630. The van der Waals surface area contributed by atoms with Crippen molar-refractivity contribution in [3.8, 4) is 6.07 Å². The van der Waals surface area contributed by atoms with Gasteiger partial charge in [0.2, 0.25) is 0 Å². The van der Waals surface area contributed by atoms with Crippen LogP contribution >= 0.6 is 0 Å². The zero-order chi connectivity index (χ0) is 12.8. The van der Waals surface area contributed by atoms with Gasteiger partial charge in [-0.15, -0.1) is 0 Å². The lowest BCUT2D eigenvalue weighted by atomic mass is 10.2. The third kappa shape index (κ3) is 3.68. The fraction of sp³-hybridized carbons (Fsp3) is 0.929. The topological polar surface area (TPSA) is 42.3 Å². The molecule has 4 nitrogen and oxygen atoms in total. The Balaban J connectivity index is 1.67. The lowest BCUT2D eigenvalue weighted by Gasteiger charge is -2.24. The third-order valence-electron chi connectivity index (χ3n) is 4.24. The van der Waals surface area contributed by atoms with E-state index in [1.165, 1.54) is 45.4 Å². The molecule has 102 valence electrons. The van der Waals surface area contributed by atoms with E-state index in [0.717, 1.165) is 25.6 Å². The van der Waals surface area contributed by atoms with Crippen molar-refractivity contribution in [1.82, 2.24) is 15.1 Å². The maximum atomic E-state index is 9.02. The number of likely N-dealkylation sites (tertiary alicyclic amines) is 2. The predicted octanol–water partition coefficient (Wildman–Crippen LogP) is 1.05. The normalized spacial score (nSPS) is 27.4. The molecule has 2 aliphatic rings. The highest BCUT2D eigenvalue weighted by Gasteiger charge is 2.29. The van der Waals surface area contributed by atoms with Gasteiger partial charge in [0.15, 0.2) is 0 Å². The second-order valence-electron chi connectivity index (χ2n) is 5.51. The van der Waals surface area contributed by atoms with Gasteiger partial charge in [-0.2, -0.15) is 5.26 Å². The first-order valence-corrected chi connectivity index (χ1v) is 7.43. The van der Waals surface area contributed by atoms with Crippen LogP contribution in [0.3, 0.4) is 0 Å². The Morgan fingerprint density at radius 1 is 1.33 bits per heavy atom. The second kappa shape index (κ2) is 7.08. The van der Waals surface area contributed by atoms with Crippen molar-refractivity contribution >= 4 is 0 Å². The summed E-state index contributed by atoms with van der Waals surface area (Å²) in [5, 5.41) is 12.2. The molecule has 4 heteroatoms. The van der Waals surface area contributed by atoms with Crippen molar-refractivity contribution in [2.75, 3.05) is 39.3 Å². The van der Waals surface area contributed by atoms with Crippen molar-refractivity contribution in [1.29, 1.82) is 5.26 Å². The van der Waals surface area contributed by atoms with Crippen LogP contribution in [-0.2, 0) is 0 Å². The highest BCUT2D eigenvalue weighted by Crippen LogP contribution is 2.20. The Morgan fingerprint density at radius 2 is 2.11 bits per heavy atom. The van der Waals surface area contributed by atoms with E-state index >= 15 is 0 Å². The molecule has 0 spiro atoms. The Labute approximate surface area is 111 Å². The van der Waals surface area contributed by atoms with E-state index in [1.54, 1.807) is 0 Å². The molecule has 0 saturated carbocycles. The molecule has 0 aromatic heterocycles. The van der Waals surface area contributed by atoms with Crippen LogP contribution in [0.2, 0.25) is 0 Å². The van der Waals surface area contributed by atoms with Crippen LogP contribution in [0.5, 0.6) is 0 Å². The van der Waals surface area contributed by atoms with E-state index in [0.29, 0.717) is 0 Å². The summed E-state index contributed by atoms with van der Waals surface area (Å²) in [6.07, 6.45) is 5.04. The van der Waals surface area contributed by atoms with Crippen LogP contribution in [0.1, 0.15) is 32.6 Å². The lowest BCUT2D eigenvalue weighted by molar-refractivity contribution is 0.230. The molecule has 2 rings (SSSR count). The minimum absolute atomic E-state index is 0.0286. The van der Waals surface area contributed by atoms with Crippen LogP contribution in [0.4, 0.5) is 0 Å². The summed E-state index contributed by atoms with van der Waals surface area (Å²) >= 11 is 0. The molecule has 0 aromatic rings. The average molecular weight is 250 g/mol. The molecule has 2 fully saturated rings. The summed E-state index contributed by atoms with van der Waals surface area (Å²) in [4.78, 5) is 5.19. The maximum absolute atomic E-state index is 9.02. The fourth-order valence-electron chi connectivity index (χ4n) is 3.19. The number of nitrogens with one attached hydrogen (secondary N) is 1. The highest BCUT2D eigenvalue weighted by atomic mass is 15.3. The number of rotatable bonds is 6. The molecule has 2 unspecified atom stereocenters. The molecule has 2 aliphatic heterocycles. The molecule has 1 N–H and O–H groups in total. The van der Waals surface area contributed by atoms with E-state index in [1.807, 2.05) is 0 Å². The summed E-state index contributed by atoms with van der Waals surface area (Å²) in [7, 11) is 0. The van der Waals surface area contributed by atoms with Gasteiger partial charge in [-0.05, 0) is 51.9 Å². The SMILES string of the molecule is CCNC(C#N)CCN1CCC(N2CCCC2)C1. The average Bonchev–Trinajstić information content (AvgIpc) is 3.04. The second-order valence-corrected chi connectivity index (χ2v) is 5.51. The molecule has 0 aliphatic carbocycles. The molecule has 0 aromatic carbocycles. The Morgan fingerprint density at radius 3 is 2.78 bits per heavy atom. The number of hydrogen-bond donors (Lipinski definition) is 1. The number of nitrogens with zero attached hydrogens (tertiary/aromatic N) is 3. The molecule has 2 heterocycles. The molecular weight excluding hydrogens is 224 g/mol. The molecular formula is C14H26N4. The maximum Gasteiger partial charge on any atom is 0.0965 e. The zero-order valence-electron chi connectivity index (χ0n) is 11.6. The Bertz CT molecular complexity index is 280. The zero-order valence-corrected chi connectivity index (χ0v) is 11.6. The van der Waals surface area contributed by atoms with Crippen molar-refractivity contribution in [2.24, 2.45) is 0 Å². The predicted molar refractivity (Wildman–Crippen MR) is 73.3 cm³/mol. The van der Waals surface area contributed by atoms with Crippen molar-refractivity contribution in [3.63, 3.8) is 0 Å². The minimum atomic E-state index is 0.0286. The highest BCUT2D eigenvalue weighted by molar-refractivity contribution is 4.91. The fourth-order valence-corrected chi connectivity index (χ4v) is 3.19. The van der Waals surface area contributed by atoms with Crippen molar-refractivity contribution in [3.05, 3.63) is 0 Å². The lowest BCUT2D eigenvalue weighted by Crippen LogP contribution is -2.37. The monoisotopic (exact) mass is 250 g/mol. The van der Waals surface area contributed by atoms with Crippen LogP contribution in [0, 0.1) is 11.3 Å². The quantitative estimate of drug-likeness (QED) is 0.765. The minimum Gasteiger partial charge on any atom is -0.302 e. The molecule has 0 amide bonds. The van der Waals surface area contributed by atoms with Gasteiger partial charge in [0, 0.05) is 19.1 Å². The van der Waals surface area contributed by atoms with Gasteiger partial charge in [-0.3, -0.25) is 4.90 Å². The van der Waals surface area contributed by atoms with Crippen LogP contribution in [0.25, 0.3) is 0 Å². The smallest absolute Gasteiger partial charge is 0.0965 e. The molecule has 0 bridgehead atoms. The first-order chi connectivity index (χ1) is 8.83. The summed E-state index contributed by atoms with van der Waals surface area (Å²) in [5.74, 6) is 0. The van der Waals surface area contributed by atoms with E-state index in [2.05, 4.69) is 28.1 Å². The third-order valence-corrected chi connectivity index (χ3v) is 4.24. The van der Waals surface area contributed by atoms with Crippen molar-refractivity contribution < 1.29 is 0 Å². The summed E-state index contributed by atoms with van der Waals surface area (Å²) in [6, 6.07) is 3.16. The van der Waals surface area contributed by atoms with E-state index in [-0.39, 0.29) is 6.04 Å². The van der Waals surface area contributed by atoms with Gasteiger partial charge in [-0.25, -0.2) is 0 Å². The van der Waals surface area contributed by atoms with Gasteiger partial charge in [-0.1, -0.05) is 6.92 Å². The summed E-state index contributed by atoms with van der Waals surface area (Å²) in [5.41, 5.74) is 0.